The molecule has 2 aromatic heterocycles. The van der Waals surface area contributed by atoms with Crippen LogP contribution in [0.5, 0.6) is 0 Å². The SMILES string of the molecule is O=C(NCc1ccc(C(O)c2ccsc2)s1)c1ccc(Cl)c(Cl)c1. The lowest BCUT2D eigenvalue weighted by atomic mass is 10.2. The molecule has 0 bridgehead atoms. The second-order valence-corrected chi connectivity index (χ2v) is 7.87. The van der Waals surface area contributed by atoms with Gasteiger partial charge in [0.15, 0.2) is 0 Å². The minimum Gasteiger partial charge on any atom is -0.383 e. The summed E-state index contributed by atoms with van der Waals surface area (Å²) in [5.74, 6) is -0.220. The third-order valence-corrected chi connectivity index (χ3v) is 5.99. The predicted molar refractivity (Wildman–Crippen MR) is 100 cm³/mol. The van der Waals surface area contributed by atoms with Crippen LogP contribution in [0, 0.1) is 0 Å². The molecule has 24 heavy (non-hydrogen) atoms. The number of aliphatic hydroxyl groups is 1. The minimum absolute atomic E-state index is 0.220. The molecule has 1 aromatic carbocycles. The Labute approximate surface area is 157 Å². The van der Waals surface area contributed by atoms with Gasteiger partial charge in [-0.1, -0.05) is 23.2 Å². The van der Waals surface area contributed by atoms with Gasteiger partial charge < -0.3 is 10.4 Å². The average Bonchev–Trinajstić information content (AvgIpc) is 3.26. The van der Waals surface area contributed by atoms with Gasteiger partial charge in [-0.05, 0) is 52.7 Å². The predicted octanol–water partition coefficient (Wildman–Crippen LogP) is 5.13. The van der Waals surface area contributed by atoms with Gasteiger partial charge in [-0.2, -0.15) is 11.3 Å². The van der Waals surface area contributed by atoms with Crippen molar-refractivity contribution in [2.24, 2.45) is 0 Å². The first-order valence-electron chi connectivity index (χ1n) is 7.06. The Kier molecular flexibility index (Phi) is 5.58. The minimum atomic E-state index is -0.624. The fourth-order valence-electron chi connectivity index (χ4n) is 2.14. The Morgan fingerprint density at radius 1 is 1.17 bits per heavy atom. The number of aliphatic hydroxyl groups excluding tert-OH is 1. The molecule has 3 rings (SSSR count). The number of rotatable bonds is 5. The number of amides is 1. The highest BCUT2D eigenvalue weighted by molar-refractivity contribution is 7.12. The van der Waals surface area contributed by atoms with Crippen molar-refractivity contribution >= 4 is 51.8 Å². The Morgan fingerprint density at radius 2 is 2.00 bits per heavy atom. The van der Waals surface area contributed by atoms with Crippen molar-refractivity contribution in [3.63, 3.8) is 0 Å². The monoisotopic (exact) mass is 397 g/mol. The zero-order valence-corrected chi connectivity index (χ0v) is 15.5. The molecule has 1 atom stereocenters. The molecule has 0 aliphatic carbocycles. The molecule has 0 saturated carbocycles. The lowest BCUT2D eigenvalue weighted by molar-refractivity contribution is 0.0951. The summed E-state index contributed by atoms with van der Waals surface area (Å²) in [6.07, 6.45) is -0.624. The largest absolute Gasteiger partial charge is 0.383 e. The van der Waals surface area contributed by atoms with E-state index in [1.54, 1.807) is 29.5 Å². The second kappa shape index (κ2) is 7.68. The van der Waals surface area contributed by atoms with Crippen LogP contribution in [0.1, 0.15) is 31.8 Å². The third-order valence-electron chi connectivity index (χ3n) is 3.42. The van der Waals surface area contributed by atoms with E-state index in [1.807, 2.05) is 29.0 Å². The maximum atomic E-state index is 12.2. The van der Waals surface area contributed by atoms with E-state index in [0.29, 0.717) is 22.2 Å². The normalized spacial score (nSPS) is 12.1. The fraction of sp³-hybridized carbons (Fsp3) is 0.118. The maximum absolute atomic E-state index is 12.2. The van der Waals surface area contributed by atoms with Gasteiger partial charge in [0.1, 0.15) is 6.10 Å². The Morgan fingerprint density at radius 3 is 2.71 bits per heavy atom. The summed E-state index contributed by atoms with van der Waals surface area (Å²) in [4.78, 5) is 14.0. The van der Waals surface area contributed by atoms with E-state index in [2.05, 4.69) is 5.32 Å². The molecule has 7 heteroatoms. The van der Waals surface area contributed by atoms with Crippen LogP contribution in [0.4, 0.5) is 0 Å². The van der Waals surface area contributed by atoms with E-state index >= 15 is 0 Å². The number of hydrogen-bond acceptors (Lipinski definition) is 4. The molecule has 0 aliphatic rings. The molecule has 1 amide bonds. The summed E-state index contributed by atoms with van der Waals surface area (Å²) in [7, 11) is 0. The molecule has 3 aromatic rings. The van der Waals surface area contributed by atoms with E-state index < -0.39 is 6.10 Å². The van der Waals surface area contributed by atoms with Gasteiger partial charge >= 0.3 is 0 Å². The highest BCUT2D eigenvalue weighted by atomic mass is 35.5. The quantitative estimate of drug-likeness (QED) is 0.626. The molecular weight excluding hydrogens is 385 g/mol. The smallest absolute Gasteiger partial charge is 0.251 e. The van der Waals surface area contributed by atoms with Crippen LogP contribution in [0.15, 0.2) is 47.2 Å². The van der Waals surface area contributed by atoms with Crippen LogP contribution in [0.2, 0.25) is 10.0 Å². The zero-order valence-electron chi connectivity index (χ0n) is 12.3. The van der Waals surface area contributed by atoms with Crippen molar-refractivity contribution in [2.45, 2.75) is 12.6 Å². The van der Waals surface area contributed by atoms with Crippen LogP contribution in [-0.2, 0) is 6.54 Å². The van der Waals surface area contributed by atoms with E-state index in [9.17, 15) is 9.90 Å². The summed E-state index contributed by atoms with van der Waals surface area (Å²) in [6.45, 7) is 0.389. The van der Waals surface area contributed by atoms with E-state index in [1.165, 1.54) is 11.3 Å². The van der Waals surface area contributed by atoms with Crippen LogP contribution in [-0.4, -0.2) is 11.0 Å². The number of benzene rings is 1. The molecule has 3 nitrogen and oxygen atoms in total. The van der Waals surface area contributed by atoms with Gasteiger partial charge in [0.2, 0.25) is 0 Å². The first-order valence-corrected chi connectivity index (χ1v) is 9.58. The first-order chi connectivity index (χ1) is 11.5. The lowest BCUT2D eigenvalue weighted by Gasteiger charge is -2.06. The van der Waals surface area contributed by atoms with Crippen molar-refractivity contribution in [3.05, 3.63) is 78.1 Å². The Hall–Kier alpha value is -1.37. The second-order valence-electron chi connectivity index (χ2n) is 5.07. The molecule has 2 heterocycles. The standard InChI is InChI=1S/C17H13Cl2NO2S2/c18-13-3-1-10(7-14(13)19)17(22)20-8-12-2-4-15(24-12)16(21)11-5-6-23-9-11/h1-7,9,16,21H,8H2,(H,20,22). The van der Waals surface area contributed by atoms with Gasteiger partial charge in [0.25, 0.3) is 5.91 Å². The topological polar surface area (TPSA) is 49.3 Å². The number of carbonyl (C=O) groups excluding carboxylic acids is 1. The van der Waals surface area contributed by atoms with Crippen molar-refractivity contribution in [1.29, 1.82) is 0 Å². The summed E-state index contributed by atoms with van der Waals surface area (Å²) in [6, 6.07) is 10.5. The lowest BCUT2D eigenvalue weighted by Crippen LogP contribution is -2.22. The van der Waals surface area contributed by atoms with Crippen LogP contribution < -0.4 is 5.32 Å². The number of thiophene rings is 2. The average molecular weight is 398 g/mol. The number of hydrogen-bond donors (Lipinski definition) is 2. The number of carbonyl (C=O) groups is 1. The van der Waals surface area contributed by atoms with E-state index in [-0.39, 0.29) is 5.91 Å². The molecule has 0 saturated heterocycles. The first kappa shape index (κ1) is 17.5. The van der Waals surface area contributed by atoms with E-state index in [0.717, 1.165) is 15.3 Å². The molecule has 124 valence electrons. The highest BCUT2D eigenvalue weighted by Crippen LogP contribution is 2.29. The fourth-order valence-corrected chi connectivity index (χ4v) is 4.08. The highest BCUT2D eigenvalue weighted by Gasteiger charge is 2.14. The number of halogens is 2. The van der Waals surface area contributed by atoms with Gasteiger partial charge in [-0.3, -0.25) is 4.79 Å². The van der Waals surface area contributed by atoms with E-state index in [4.69, 9.17) is 23.2 Å². The van der Waals surface area contributed by atoms with Gasteiger partial charge in [-0.15, -0.1) is 11.3 Å². The molecule has 1 unspecified atom stereocenters. The molecule has 0 aliphatic heterocycles. The molecule has 0 fully saturated rings. The Bertz CT molecular complexity index is 846. The van der Waals surface area contributed by atoms with Gasteiger partial charge in [0, 0.05) is 15.3 Å². The van der Waals surface area contributed by atoms with Crippen LogP contribution in [0.3, 0.4) is 0 Å². The summed E-state index contributed by atoms with van der Waals surface area (Å²) in [5.41, 5.74) is 1.34. The van der Waals surface area contributed by atoms with Gasteiger partial charge in [-0.25, -0.2) is 0 Å². The number of nitrogens with one attached hydrogen (secondary N) is 1. The summed E-state index contributed by atoms with van der Waals surface area (Å²) < 4.78 is 0. The van der Waals surface area contributed by atoms with Crippen molar-refractivity contribution in [1.82, 2.24) is 5.32 Å². The van der Waals surface area contributed by atoms with Crippen LogP contribution >= 0.6 is 45.9 Å². The third kappa shape index (κ3) is 3.99. The molecule has 2 N–H and O–H groups in total. The molecule has 0 spiro atoms. The molecule has 0 radical (unpaired) electrons. The van der Waals surface area contributed by atoms with Crippen molar-refractivity contribution in [2.75, 3.05) is 0 Å². The van der Waals surface area contributed by atoms with Crippen molar-refractivity contribution in [3.8, 4) is 0 Å². The summed E-state index contributed by atoms with van der Waals surface area (Å²) in [5, 5.41) is 17.8. The van der Waals surface area contributed by atoms with Crippen LogP contribution in [0.25, 0.3) is 0 Å². The van der Waals surface area contributed by atoms with Gasteiger partial charge in [0.05, 0.1) is 16.6 Å². The maximum Gasteiger partial charge on any atom is 0.251 e. The zero-order chi connectivity index (χ0) is 17.1. The Balaban J connectivity index is 1.63. The summed E-state index contributed by atoms with van der Waals surface area (Å²) >= 11 is 14.8. The van der Waals surface area contributed by atoms with Crippen molar-refractivity contribution < 1.29 is 9.90 Å². The molecular formula is C17H13Cl2NO2S2.